The van der Waals surface area contributed by atoms with Crippen molar-refractivity contribution in [3.05, 3.63) is 47.5 Å². The van der Waals surface area contributed by atoms with Crippen LogP contribution in [-0.4, -0.2) is 21.3 Å². The lowest BCUT2D eigenvalue weighted by molar-refractivity contribution is 0.639. The molecule has 102 valence electrons. The van der Waals surface area contributed by atoms with Crippen molar-refractivity contribution in [3.63, 3.8) is 0 Å². The molecule has 0 radical (unpaired) electrons. The Morgan fingerprint density at radius 1 is 1.42 bits per heavy atom. The van der Waals surface area contributed by atoms with E-state index >= 15 is 0 Å². The second-order valence-corrected chi connectivity index (χ2v) is 5.96. The van der Waals surface area contributed by atoms with E-state index in [2.05, 4.69) is 4.98 Å². The van der Waals surface area contributed by atoms with Gasteiger partial charge in [0, 0.05) is 42.6 Å². The Bertz CT molecular complexity index is 527. The summed E-state index contributed by atoms with van der Waals surface area (Å²) in [6.07, 6.45) is 5.62. The zero-order valence-corrected chi connectivity index (χ0v) is 12.5. The fourth-order valence-electron chi connectivity index (χ4n) is 1.79. The van der Waals surface area contributed by atoms with Crippen LogP contribution in [0.1, 0.15) is 12.2 Å². The Morgan fingerprint density at radius 2 is 2.21 bits per heavy atom. The van der Waals surface area contributed by atoms with E-state index in [1.165, 1.54) is 0 Å². The van der Waals surface area contributed by atoms with Gasteiger partial charge in [0.05, 0.1) is 5.02 Å². The maximum absolute atomic E-state index is 6.14. The molecule has 0 aliphatic heterocycles. The zero-order valence-electron chi connectivity index (χ0n) is 10.9. The van der Waals surface area contributed by atoms with Crippen LogP contribution in [0.5, 0.6) is 0 Å². The molecule has 0 aliphatic rings. The highest BCUT2D eigenvalue weighted by atomic mass is 35.5. The smallest absolute Gasteiger partial charge is 0.108 e. The molecule has 0 amide bonds. The van der Waals surface area contributed by atoms with Gasteiger partial charge < -0.3 is 10.3 Å². The molecular weight excluding hydrogens is 278 g/mol. The van der Waals surface area contributed by atoms with Crippen molar-refractivity contribution >= 4 is 23.4 Å². The normalized spacial score (nSPS) is 12.6. The molecule has 1 aromatic heterocycles. The summed E-state index contributed by atoms with van der Waals surface area (Å²) < 4.78 is 2.04. The van der Waals surface area contributed by atoms with Gasteiger partial charge in [-0.15, -0.1) is 11.8 Å². The molecule has 2 rings (SSSR count). The largest absolute Gasteiger partial charge is 0.338 e. The SMILES string of the molecule is Cn1ccnc1CCC(N)CSc1ccccc1Cl. The number of aryl methyl sites for hydroxylation is 2. The van der Waals surface area contributed by atoms with Gasteiger partial charge in [-0.3, -0.25) is 0 Å². The van der Waals surface area contributed by atoms with E-state index in [1.807, 2.05) is 48.3 Å². The van der Waals surface area contributed by atoms with Crippen LogP contribution in [0.15, 0.2) is 41.6 Å². The highest BCUT2D eigenvalue weighted by Crippen LogP contribution is 2.27. The standard InChI is InChI=1S/C14H18ClN3S/c1-18-9-8-17-14(18)7-6-11(16)10-19-13-5-3-2-4-12(13)15/h2-5,8-9,11H,6-7,10,16H2,1H3. The quantitative estimate of drug-likeness (QED) is 0.833. The maximum atomic E-state index is 6.14. The second-order valence-electron chi connectivity index (χ2n) is 4.49. The lowest BCUT2D eigenvalue weighted by Crippen LogP contribution is -2.24. The van der Waals surface area contributed by atoms with E-state index in [9.17, 15) is 0 Å². The van der Waals surface area contributed by atoms with Gasteiger partial charge >= 0.3 is 0 Å². The molecule has 3 nitrogen and oxygen atoms in total. The fourth-order valence-corrected chi connectivity index (χ4v) is 3.03. The summed E-state index contributed by atoms with van der Waals surface area (Å²) >= 11 is 7.82. The molecule has 5 heteroatoms. The van der Waals surface area contributed by atoms with Crippen molar-refractivity contribution in [1.29, 1.82) is 0 Å². The first-order valence-corrected chi connectivity index (χ1v) is 7.62. The number of imidazole rings is 1. The van der Waals surface area contributed by atoms with Gasteiger partial charge in [-0.05, 0) is 18.6 Å². The molecular formula is C14H18ClN3S. The van der Waals surface area contributed by atoms with Gasteiger partial charge in [0.15, 0.2) is 0 Å². The molecule has 1 aromatic carbocycles. The summed E-state index contributed by atoms with van der Waals surface area (Å²) in [5.74, 6) is 1.95. The Hall–Kier alpha value is -0.970. The fraction of sp³-hybridized carbons (Fsp3) is 0.357. The molecule has 1 atom stereocenters. The number of aromatic nitrogens is 2. The van der Waals surface area contributed by atoms with Gasteiger partial charge in [0.1, 0.15) is 5.82 Å². The molecule has 0 spiro atoms. The summed E-state index contributed by atoms with van der Waals surface area (Å²) in [4.78, 5) is 5.39. The zero-order chi connectivity index (χ0) is 13.7. The van der Waals surface area contributed by atoms with E-state index < -0.39 is 0 Å². The van der Waals surface area contributed by atoms with Crippen molar-refractivity contribution in [2.24, 2.45) is 12.8 Å². The number of hydrogen-bond acceptors (Lipinski definition) is 3. The first kappa shape index (κ1) is 14.4. The van der Waals surface area contributed by atoms with Gasteiger partial charge in [-0.25, -0.2) is 4.98 Å². The Labute approximate surface area is 123 Å². The maximum Gasteiger partial charge on any atom is 0.108 e. The van der Waals surface area contributed by atoms with E-state index in [0.29, 0.717) is 0 Å². The number of thioether (sulfide) groups is 1. The summed E-state index contributed by atoms with van der Waals surface area (Å²) in [7, 11) is 2.01. The summed E-state index contributed by atoms with van der Waals surface area (Å²) in [5.41, 5.74) is 6.14. The first-order chi connectivity index (χ1) is 9.16. The van der Waals surface area contributed by atoms with E-state index in [0.717, 1.165) is 34.3 Å². The van der Waals surface area contributed by atoms with Crippen molar-refractivity contribution in [2.75, 3.05) is 5.75 Å². The van der Waals surface area contributed by atoms with Crippen LogP contribution >= 0.6 is 23.4 Å². The lowest BCUT2D eigenvalue weighted by atomic mass is 10.2. The Morgan fingerprint density at radius 3 is 2.89 bits per heavy atom. The van der Waals surface area contributed by atoms with Crippen molar-refractivity contribution < 1.29 is 0 Å². The average molecular weight is 296 g/mol. The van der Waals surface area contributed by atoms with Crippen molar-refractivity contribution in [1.82, 2.24) is 9.55 Å². The molecule has 0 aliphatic carbocycles. The molecule has 2 N–H and O–H groups in total. The van der Waals surface area contributed by atoms with Crippen LogP contribution in [0.3, 0.4) is 0 Å². The van der Waals surface area contributed by atoms with Crippen LogP contribution in [0.25, 0.3) is 0 Å². The van der Waals surface area contributed by atoms with Crippen molar-refractivity contribution in [2.45, 2.75) is 23.8 Å². The second kappa shape index (κ2) is 6.98. The topological polar surface area (TPSA) is 43.8 Å². The van der Waals surface area contributed by atoms with E-state index in [4.69, 9.17) is 17.3 Å². The number of halogens is 1. The third kappa shape index (κ3) is 4.27. The molecule has 2 aromatic rings. The summed E-state index contributed by atoms with van der Waals surface area (Å²) in [6, 6.07) is 8.01. The van der Waals surface area contributed by atoms with E-state index in [1.54, 1.807) is 11.8 Å². The summed E-state index contributed by atoms with van der Waals surface area (Å²) in [5, 5.41) is 0.795. The van der Waals surface area contributed by atoms with Crippen LogP contribution in [0.2, 0.25) is 5.02 Å². The average Bonchev–Trinajstić information content (AvgIpc) is 2.81. The predicted octanol–water partition coefficient (Wildman–Crippen LogP) is 3.13. The predicted molar refractivity (Wildman–Crippen MR) is 81.7 cm³/mol. The minimum Gasteiger partial charge on any atom is -0.338 e. The number of nitrogens with two attached hydrogens (primary N) is 1. The lowest BCUT2D eigenvalue weighted by Gasteiger charge is -2.11. The van der Waals surface area contributed by atoms with Crippen molar-refractivity contribution in [3.8, 4) is 0 Å². The van der Waals surface area contributed by atoms with Gasteiger partial charge in [0.25, 0.3) is 0 Å². The van der Waals surface area contributed by atoms with Crippen LogP contribution in [0.4, 0.5) is 0 Å². The molecule has 0 saturated heterocycles. The third-order valence-electron chi connectivity index (χ3n) is 2.95. The Balaban J connectivity index is 1.77. The van der Waals surface area contributed by atoms with Gasteiger partial charge in [-0.2, -0.15) is 0 Å². The minimum atomic E-state index is 0.151. The molecule has 0 bridgehead atoms. The molecule has 1 heterocycles. The van der Waals surface area contributed by atoms with Gasteiger partial charge in [-0.1, -0.05) is 23.7 Å². The monoisotopic (exact) mass is 295 g/mol. The number of benzene rings is 1. The number of nitrogens with zero attached hydrogens (tertiary/aromatic N) is 2. The summed E-state index contributed by atoms with van der Waals surface area (Å²) in [6.45, 7) is 0. The molecule has 0 saturated carbocycles. The number of hydrogen-bond donors (Lipinski definition) is 1. The third-order valence-corrected chi connectivity index (χ3v) is 4.65. The first-order valence-electron chi connectivity index (χ1n) is 6.26. The highest BCUT2D eigenvalue weighted by Gasteiger charge is 2.08. The van der Waals surface area contributed by atoms with Crippen LogP contribution in [-0.2, 0) is 13.5 Å². The van der Waals surface area contributed by atoms with Gasteiger partial charge in [0.2, 0.25) is 0 Å². The minimum absolute atomic E-state index is 0.151. The number of rotatable bonds is 6. The molecule has 1 unspecified atom stereocenters. The van der Waals surface area contributed by atoms with Crippen LogP contribution in [0, 0.1) is 0 Å². The Kier molecular flexibility index (Phi) is 5.31. The molecule has 0 fully saturated rings. The van der Waals surface area contributed by atoms with E-state index in [-0.39, 0.29) is 6.04 Å². The molecule has 19 heavy (non-hydrogen) atoms. The van der Waals surface area contributed by atoms with Crippen LogP contribution < -0.4 is 5.73 Å². The highest BCUT2D eigenvalue weighted by molar-refractivity contribution is 7.99.